The molecule has 0 aromatic heterocycles. The molecule has 2 aliphatic heterocycles. The van der Waals surface area contributed by atoms with Crippen molar-refractivity contribution in [3.05, 3.63) is 29.8 Å². The summed E-state index contributed by atoms with van der Waals surface area (Å²) < 4.78 is 0. The first kappa shape index (κ1) is 20.1. The Hall–Kier alpha value is -1.66. The third-order valence-electron chi connectivity index (χ3n) is 5.63. The molecule has 1 N–H and O–H groups in total. The van der Waals surface area contributed by atoms with Crippen LogP contribution in [0.4, 0.5) is 5.69 Å². The van der Waals surface area contributed by atoms with Crippen LogP contribution >= 0.6 is 12.2 Å². The van der Waals surface area contributed by atoms with Crippen LogP contribution in [0.5, 0.6) is 0 Å². The summed E-state index contributed by atoms with van der Waals surface area (Å²) in [4.78, 5) is 19.2. The highest BCUT2D eigenvalue weighted by Gasteiger charge is 2.27. The number of thiocarbonyl (C=S) groups is 1. The van der Waals surface area contributed by atoms with Gasteiger partial charge in [-0.2, -0.15) is 0 Å². The van der Waals surface area contributed by atoms with Crippen molar-refractivity contribution in [1.82, 2.24) is 14.7 Å². The Morgan fingerprint density at radius 3 is 2.33 bits per heavy atom. The Balaban J connectivity index is 1.45. The number of carbonyl (C=O) groups is 1. The van der Waals surface area contributed by atoms with Crippen LogP contribution in [-0.4, -0.2) is 71.5 Å². The van der Waals surface area contributed by atoms with Gasteiger partial charge >= 0.3 is 0 Å². The van der Waals surface area contributed by atoms with Crippen molar-refractivity contribution >= 4 is 28.9 Å². The smallest absolute Gasteiger partial charge is 0.236 e. The molecule has 1 aromatic carbocycles. The molecule has 0 radical (unpaired) electrons. The number of nitrogens with one attached hydrogen (secondary N) is 1. The van der Waals surface area contributed by atoms with E-state index in [1.807, 2.05) is 12.1 Å². The maximum Gasteiger partial charge on any atom is 0.236 e. The summed E-state index contributed by atoms with van der Waals surface area (Å²) in [7, 11) is 0. The number of benzene rings is 1. The highest BCUT2D eigenvalue weighted by molar-refractivity contribution is 7.80. The summed E-state index contributed by atoms with van der Waals surface area (Å²) in [6.45, 7) is 12.4. The summed E-state index contributed by atoms with van der Waals surface area (Å²) in [5.74, 6) is 1.50. The molecule has 3 rings (SSSR count). The van der Waals surface area contributed by atoms with Crippen LogP contribution in [0.25, 0.3) is 0 Å². The Kier molecular flexibility index (Phi) is 6.71. The number of likely N-dealkylation sites (tertiary alicyclic amines) is 1. The van der Waals surface area contributed by atoms with Crippen LogP contribution in [0.15, 0.2) is 24.3 Å². The number of amides is 1. The molecule has 2 saturated heterocycles. The molecular weight excluding hydrogens is 356 g/mol. The maximum atomic E-state index is 12.7. The van der Waals surface area contributed by atoms with Crippen molar-refractivity contribution in [2.45, 2.75) is 27.2 Å². The van der Waals surface area contributed by atoms with Gasteiger partial charge in [-0.05, 0) is 49.0 Å². The number of piperazine rings is 1. The Bertz CT molecular complexity index is 662. The van der Waals surface area contributed by atoms with Gasteiger partial charge in [0.05, 0.1) is 6.54 Å². The van der Waals surface area contributed by atoms with Gasteiger partial charge in [-0.3, -0.25) is 9.69 Å². The second kappa shape index (κ2) is 9.02. The number of aryl methyl sites for hydroxylation is 1. The van der Waals surface area contributed by atoms with Crippen LogP contribution in [0, 0.1) is 18.8 Å². The molecule has 5 nitrogen and oxygen atoms in total. The van der Waals surface area contributed by atoms with Gasteiger partial charge in [0.15, 0.2) is 5.11 Å². The summed E-state index contributed by atoms with van der Waals surface area (Å²) in [6.07, 6.45) is 1.23. The quantitative estimate of drug-likeness (QED) is 0.806. The molecule has 2 fully saturated rings. The van der Waals surface area contributed by atoms with Gasteiger partial charge in [0.1, 0.15) is 0 Å². The third kappa shape index (κ3) is 5.42. The molecule has 1 amide bonds. The fourth-order valence-electron chi connectivity index (χ4n) is 4.17. The van der Waals surface area contributed by atoms with Crippen molar-refractivity contribution in [2.75, 3.05) is 51.1 Å². The molecule has 0 spiro atoms. The van der Waals surface area contributed by atoms with Crippen LogP contribution < -0.4 is 5.32 Å². The number of piperidine rings is 1. The number of carbonyl (C=O) groups excluding carboxylic acids is 1. The van der Waals surface area contributed by atoms with Gasteiger partial charge in [0, 0.05) is 45.0 Å². The lowest BCUT2D eigenvalue weighted by atomic mass is 9.92. The zero-order valence-corrected chi connectivity index (χ0v) is 17.6. The van der Waals surface area contributed by atoms with Gasteiger partial charge in [-0.1, -0.05) is 32.0 Å². The fourth-order valence-corrected chi connectivity index (χ4v) is 4.47. The van der Waals surface area contributed by atoms with E-state index >= 15 is 0 Å². The molecule has 0 saturated carbocycles. The highest BCUT2D eigenvalue weighted by Crippen LogP contribution is 2.21. The molecule has 27 heavy (non-hydrogen) atoms. The first-order chi connectivity index (χ1) is 12.9. The molecule has 0 bridgehead atoms. The minimum absolute atomic E-state index is 0.280. The lowest BCUT2D eigenvalue weighted by Gasteiger charge is -2.39. The standard InChI is InChI=1S/C21H32N4OS/c1-16-12-17(2)14-25(13-16)20(26)15-23-8-10-24(11-9-23)21(27)22-19-7-5-4-6-18(19)3/h4-7,16-17H,8-15H2,1-3H3,(H,22,27)/t16-,17-/m0/s1. The zero-order chi connectivity index (χ0) is 19.4. The van der Waals surface area contributed by atoms with E-state index in [9.17, 15) is 4.79 Å². The first-order valence-electron chi connectivity index (χ1n) is 10.0. The van der Waals surface area contributed by atoms with E-state index in [0.717, 1.165) is 50.1 Å². The Labute approximate surface area is 168 Å². The fraction of sp³-hybridized carbons (Fsp3) is 0.619. The van der Waals surface area contributed by atoms with Crippen LogP contribution in [0.3, 0.4) is 0 Å². The highest BCUT2D eigenvalue weighted by atomic mass is 32.1. The monoisotopic (exact) mass is 388 g/mol. The number of para-hydroxylation sites is 1. The first-order valence-corrected chi connectivity index (χ1v) is 10.4. The minimum atomic E-state index is 0.280. The summed E-state index contributed by atoms with van der Waals surface area (Å²) in [5, 5.41) is 4.13. The zero-order valence-electron chi connectivity index (χ0n) is 16.8. The van der Waals surface area contributed by atoms with Gasteiger partial charge in [-0.25, -0.2) is 0 Å². The molecule has 0 unspecified atom stereocenters. The number of anilines is 1. The maximum absolute atomic E-state index is 12.7. The van der Waals surface area contributed by atoms with E-state index in [4.69, 9.17) is 12.2 Å². The SMILES string of the molecule is Cc1ccccc1NC(=S)N1CCN(CC(=O)N2C[C@@H](C)C[C@H](C)C2)CC1. The largest absolute Gasteiger partial charge is 0.346 e. The van der Waals surface area contributed by atoms with Crippen molar-refractivity contribution < 1.29 is 4.79 Å². The van der Waals surface area contributed by atoms with Crippen molar-refractivity contribution in [3.63, 3.8) is 0 Å². The third-order valence-corrected chi connectivity index (χ3v) is 5.99. The Morgan fingerprint density at radius 1 is 1.07 bits per heavy atom. The summed E-state index contributed by atoms with van der Waals surface area (Å²) in [6, 6.07) is 8.18. The molecule has 2 heterocycles. The predicted molar refractivity (Wildman–Crippen MR) is 115 cm³/mol. The summed E-state index contributed by atoms with van der Waals surface area (Å²) in [5.41, 5.74) is 2.25. The second-order valence-corrected chi connectivity index (χ2v) is 8.64. The van der Waals surface area contributed by atoms with Gasteiger partial charge < -0.3 is 15.1 Å². The molecule has 0 aliphatic carbocycles. The van der Waals surface area contributed by atoms with E-state index < -0.39 is 0 Å². The van der Waals surface area contributed by atoms with E-state index in [1.165, 1.54) is 12.0 Å². The number of rotatable bonds is 3. The van der Waals surface area contributed by atoms with Crippen molar-refractivity contribution in [2.24, 2.45) is 11.8 Å². The lowest BCUT2D eigenvalue weighted by Crippen LogP contribution is -2.53. The molecule has 6 heteroatoms. The van der Waals surface area contributed by atoms with E-state index in [1.54, 1.807) is 0 Å². The van der Waals surface area contributed by atoms with Gasteiger partial charge in [0.25, 0.3) is 0 Å². The lowest BCUT2D eigenvalue weighted by molar-refractivity contribution is -0.135. The molecule has 148 valence electrons. The number of nitrogens with zero attached hydrogens (tertiary/aromatic N) is 3. The summed E-state index contributed by atoms with van der Waals surface area (Å²) >= 11 is 5.59. The number of hydrogen-bond acceptors (Lipinski definition) is 3. The van der Waals surface area contributed by atoms with E-state index in [0.29, 0.717) is 18.4 Å². The average Bonchev–Trinajstić information content (AvgIpc) is 2.63. The average molecular weight is 389 g/mol. The molecule has 2 atom stereocenters. The van der Waals surface area contributed by atoms with Crippen LogP contribution in [-0.2, 0) is 4.79 Å². The van der Waals surface area contributed by atoms with Crippen molar-refractivity contribution in [1.29, 1.82) is 0 Å². The topological polar surface area (TPSA) is 38.8 Å². The molecular formula is C21H32N4OS. The van der Waals surface area contributed by atoms with Crippen molar-refractivity contribution in [3.8, 4) is 0 Å². The normalized spacial score (nSPS) is 24.0. The Morgan fingerprint density at radius 2 is 1.70 bits per heavy atom. The van der Waals surface area contributed by atoms with Gasteiger partial charge in [0.2, 0.25) is 5.91 Å². The van der Waals surface area contributed by atoms with Crippen LogP contribution in [0.1, 0.15) is 25.8 Å². The predicted octanol–water partition coefficient (Wildman–Crippen LogP) is 2.81. The second-order valence-electron chi connectivity index (χ2n) is 8.25. The number of hydrogen-bond donors (Lipinski definition) is 1. The molecule has 1 aromatic rings. The van der Waals surface area contributed by atoms with Gasteiger partial charge in [-0.15, -0.1) is 0 Å². The van der Waals surface area contributed by atoms with E-state index in [-0.39, 0.29) is 5.91 Å². The minimum Gasteiger partial charge on any atom is -0.346 e. The molecule has 2 aliphatic rings. The van der Waals surface area contributed by atoms with Crippen LogP contribution in [0.2, 0.25) is 0 Å². The van der Waals surface area contributed by atoms with E-state index in [2.05, 4.69) is 52.9 Å².